The van der Waals surface area contributed by atoms with E-state index in [1.165, 1.54) is 22.5 Å². The topological polar surface area (TPSA) is 66.5 Å². The van der Waals surface area contributed by atoms with Gasteiger partial charge in [0.2, 0.25) is 0 Å². The Balaban J connectivity index is 1.54. The fourth-order valence-corrected chi connectivity index (χ4v) is 5.55. The van der Waals surface area contributed by atoms with Gasteiger partial charge in [0.05, 0.1) is 16.6 Å². The van der Waals surface area contributed by atoms with Crippen LogP contribution < -0.4 is 9.62 Å². The quantitative estimate of drug-likeness (QED) is 0.601. The summed E-state index contributed by atoms with van der Waals surface area (Å²) >= 11 is 0. The zero-order chi connectivity index (χ0) is 22.9. The third-order valence-corrected chi connectivity index (χ3v) is 7.94. The van der Waals surface area contributed by atoms with Crippen molar-refractivity contribution in [3.8, 4) is 0 Å². The lowest BCUT2D eigenvalue weighted by molar-refractivity contribution is 0.0932. The standard InChI is InChI=1S/C26H28N2O3S/c1-18-11-14-22(15-12-18)32(30,31)28(3)25-16-13-21(17-19(25)2)26(29)27-24-10-6-8-20-7-4-5-9-23(20)24/h4-5,7,9,11-17,24H,6,8,10H2,1-3H3,(H,27,29)/t24-/m1/s1. The van der Waals surface area contributed by atoms with Crippen molar-refractivity contribution >= 4 is 21.6 Å². The number of hydrogen-bond donors (Lipinski definition) is 1. The van der Waals surface area contributed by atoms with Crippen LogP contribution in [0.3, 0.4) is 0 Å². The van der Waals surface area contributed by atoms with Crippen LogP contribution in [0.25, 0.3) is 0 Å². The molecule has 0 heterocycles. The van der Waals surface area contributed by atoms with Crippen molar-refractivity contribution in [2.24, 2.45) is 0 Å². The maximum Gasteiger partial charge on any atom is 0.264 e. The molecule has 3 aromatic rings. The number of aryl methyl sites for hydroxylation is 3. The third kappa shape index (κ3) is 4.28. The first-order valence-corrected chi connectivity index (χ1v) is 12.3. The van der Waals surface area contributed by atoms with E-state index in [9.17, 15) is 13.2 Å². The summed E-state index contributed by atoms with van der Waals surface area (Å²) in [6.07, 6.45) is 3.00. The van der Waals surface area contributed by atoms with Gasteiger partial charge in [-0.25, -0.2) is 8.42 Å². The summed E-state index contributed by atoms with van der Waals surface area (Å²) in [5.41, 5.74) is 5.27. The summed E-state index contributed by atoms with van der Waals surface area (Å²) in [6, 6.07) is 20.2. The molecule has 0 saturated carbocycles. The molecular weight excluding hydrogens is 420 g/mol. The fraction of sp³-hybridized carbons (Fsp3) is 0.269. The summed E-state index contributed by atoms with van der Waals surface area (Å²) in [6.45, 7) is 3.74. The molecule has 6 heteroatoms. The second-order valence-electron chi connectivity index (χ2n) is 8.40. The van der Waals surface area contributed by atoms with Crippen LogP contribution in [0, 0.1) is 13.8 Å². The van der Waals surface area contributed by atoms with Gasteiger partial charge in [0.25, 0.3) is 15.9 Å². The molecule has 0 saturated heterocycles. The van der Waals surface area contributed by atoms with E-state index in [2.05, 4.69) is 17.4 Å². The normalized spacial score (nSPS) is 15.7. The molecule has 5 nitrogen and oxygen atoms in total. The number of nitrogens with one attached hydrogen (secondary N) is 1. The van der Waals surface area contributed by atoms with E-state index in [1.807, 2.05) is 26.0 Å². The highest BCUT2D eigenvalue weighted by atomic mass is 32.2. The van der Waals surface area contributed by atoms with Gasteiger partial charge in [-0.2, -0.15) is 0 Å². The van der Waals surface area contributed by atoms with Crippen molar-refractivity contribution in [2.45, 2.75) is 44.0 Å². The van der Waals surface area contributed by atoms with Crippen LogP contribution >= 0.6 is 0 Å². The van der Waals surface area contributed by atoms with Gasteiger partial charge in [0.15, 0.2) is 0 Å². The minimum atomic E-state index is -3.69. The Hall–Kier alpha value is -3.12. The van der Waals surface area contributed by atoms with Gasteiger partial charge in [-0.1, -0.05) is 42.0 Å². The molecule has 0 fully saturated rings. The molecule has 32 heavy (non-hydrogen) atoms. The lowest BCUT2D eigenvalue weighted by atomic mass is 9.87. The average Bonchev–Trinajstić information content (AvgIpc) is 2.79. The highest BCUT2D eigenvalue weighted by Gasteiger charge is 2.24. The Morgan fingerprint density at radius 2 is 1.72 bits per heavy atom. The molecule has 0 aliphatic heterocycles. The number of carbonyl (C=O) groups excluding carboxylic acids is 1. The van der Waals surface area contributed by atoms with Crippen molar-refractivity contribution in [1.82, 2.24) is 5.32 Å². The molecular formula is C26H28N2O3S. The SMILES string of the molecule is Cc1ccc(S(=O)(=O)N(C)c2ccc(C(=O)N[C@@H]3CCCc4ccccc43)cc2C)cc1. The lowest BCUT2D eigenvalue weighted by Crippen LogP contribution is -2.31. The monoisotopic (exact) mass is 448 g/mol. The predicted molar refractivity (Wildman–Crippen MR) is 128 cm³/mol. The van der Waals surface area contributed by atoms with Gasteiger partial charge < -0.3 is 5.32 Å². The average molecular weight is 449 g/mol. The highest BCUT2D eigenvalue weighted by molar-refractivity contribution is 7.92. The molecule has 4 rings (SSSR count). The van der Waals surface area contributed by atoms with Gasteiger partial charge >= 0.3 is 0 Å². The van der Waals surface area contributed by atoms with E-state index in [1.54, 1.807) is 42.5 Å². The van der Waals surface area contributed by atoms with Crippen LogP contribution in [0.1, 0.15) is 51.5 Å². The zero-order valence-electron chi connectivity index (χ0n) is 18.6. The van der Waals surface area contributed by atoms with E-state index in [0.29, 0.717) is 11.3 Å². The summed E-state index contributed by atoms with van der Waals surface area (Å²) in [5, 5.41) is 3.16. The van der Waals surface area contributed by atoms with Gasteiger partial charge in [0, 0.05) is 12.6 Å². The molecule has 1 aliphatic rings. The number of nitrogens with zero attached hydrogens (tertiary/aromatic N) is 1. The molecule has 166 valence electrons. The highest BCUT2D eigenvalue weighted by Crippen LogP contribution is 2.30. The summed E-state index contributed by atoms with van der Waals surface area (Å²) in [7, 11) is -2.15. The van der Waals surface area contributed by atoms with Crippen LogP contribution in [0.5, 0.6) is 0 Å². The summed E-state index contributed by atoms with van der Waals surface area (Å²) in [4.78, 5) is 13.2. The Kier molecular flexibility index (Phi) is 6.07. The molecule has 0 spiro atoms. The van der Waals surface area contributed by atoms with Crippen LogP contribution in [-0.2, 0) is 16.4 Å². The first kappa shape index (κ1) is 22.1. The molecule has 0 bridgehead atoms. The number of hydrogen-bond acceptors (Lipinski definition) is 3. The molecule has 1 amide bonds. The Labute approximate surface area is 190 Å². The number of carbonyl (C=O) groups is 1. The van der Waals surface area contributed by atoms with E-state index in [-0.39, 0.29) is 16.8 Å². The smallest absolute Gasteiger partial charge is 0.264 e. The molecule has 3 aromatic carbocycles. The number of amides is 1. The molecule has 0 unspecified atom stereocenters. The lowest BCUT2D eigenvalue weighted by Gasteiger charge is -2.26. The largest absolute Gasteiger partial charge is 0.345 e. The maximum absolute atomic E-state index is 13.0. The molecule has 1 N–H and O–H groups in total. The van der Waals surface area contributed by atoms with Crippen LogP contribution in [0.2, 0.25) is 0 Å². The minimum absolute atomic E-state index is 0.00276. The first-order chi connectivity index (χ1) is 15.3. The summed E-state index contributed by atoms with van der Waals surface area (Å²) in [5.74, 6) is -0.148. The third-order valence-electron chi connectivity index (χ3n) is 6.15. The number of anilines is 1. The van der Waals surface area contributed by atoms with Gasteiger partial charge in [-0.3, -0.25) is 9.10 Å². The van der Waals surface area contributed by atoms with Crippen molar-refractivity contribution < 1.29 is 13.2 Å². The Morgan fingerprint density at radius 3 is 2.44 bits per heavy atom. The van der Waals surface area contributed by atoms with Crippen molar-refractivity contribution in [3.05, 3.63) is 94.5 Å². The van der Waals surface area contributed by atoms with Crippen LogP contribution in [0.4, 0.5) is 5.69 Å². The van der Waals surface area contributed by atoms with E-state index >= 15 is 0 Å². The number of sulfonamides is 1. The van der Waals surface area contributed by atoms with Crippen molar-refractivity contribution in [1.29, 1.82) is 0 Å². The molecule has 0 radical (unpaired) electrons. The minimum Gasteiger partial charge on any atom is -0.345 e. The fourth-order valence-electron chi connectivity index (χ4n) is 4.29. The number of rotatable bonds is 5. The zero-order valence-corrected chi connectivity index (χ0v) is 19.4. The van der Waals surface area contributed by atoms with E-state index < -0.39 is 10.0 Å². The first-order valence-electron chi connectivity index (χ1n) is 10.8. The Morgan fingerprint density at radius 1 is 1.00 bits per heavy atom. The van der Waals surface area contributed by atoms with Crippen LogP contribution in [0.15, 0.2) is 71.6 Å². The number of fused-ring (bicyclic) bond motifs is 1. The van der Waals surface area contributed by atoms with Crippen LogP contribution in [-0.4, -0.2) is 21.4 Å². The second kappa shape index (κ2) is 8.79. The second-order valence-corrected chi connectivity index (χ2v) is 10.4. The predicted octanol–water partition coefficient (Wildman–Crippen LogP) is 4.94. The van der Waals surface area contributed by atoms with Crippen molar-refractivity contribution in [3.63, 3.8) is 0 Å². The molecule has 1 atom stereocenters. The maximum atomic E-state index is 13.0. The molecule has 0 aromatic heterocycles. The van der Waals surface area contributed by atoms with Gasteiger partial charge in [-0.05, 0) is 80.1 Å². The Bertz CT molecular complexity index is 1250. The summed E-state index contributed by atoms with van der Waals surface area (Å²) < 4.78 is 27.4. The van der Waals surface area contributed by atoms with Crippen molar-refractivity contribution in [2.75, 3.05) is 11.4 Å². The van der Waals surface area contributed by atoms with Gasteiger partial charge in [-0.15, -0.1) is 0 Å². The molecule has 1 aliphatic carbocycles. The number of benzene rings is 3. The van der Waals surface area contributed by atoms with E-state index in [0.717, 1.165) is 30.4 Å². The van der Waals surface area contributed by atoms with Gasteiger partial charge in [0.1, 0.15) is 0 Å². The van der Waals surface area contributed by atoms with E-state index in [4.69, 9.17) is 0 Å².